The standard InChI is InChI=1S/C18H18ClNO4/c1-11-8-12(2)18(15(19)9-11)20-16(21)10-23-17(22)7-6-14-5-4-13(3)24-14/h4-9H,10H2,1-3H3,(H,20,21). The van der Waals surface area contributed by atoms with E-state index >= 15 is 0 Å². The molecule has 0 aliphatic carbocycles. The normalized spacial score (nSPS) is 10.8. The molecule has 24 heavy (non-hydrogen) atoms. The van der Waals surface area contributed by atoms with Crippen LogP contribution in [0, 0.1) is 20.8 Å². The molecule has 1 aromatic carbocycles. The van der Waals surface area contributed by atoms with Crippen LogP contribution < -0.4 is 5.32 Å². The Bertz CT molecular complexity index is 769. The van der Waals surface area contributed by atoms with Crippen LogP contribution in [0.1, 0.15) is 22.6 Å². The van der Waals surface area contributed by atoms with Crippen molar-refractivity contribution in [3.63, 3.8) is 0 Å². The van der Waals surface area contributed by atoms with Gasteiger partial charge < -0.3 is 14.5 Å². The molecule has 0 aliphatic heterocycles. The molecule has 0 radical (unpaired) electrons. The van der Waals surface area contributed by atoms with Gasteiger partial charge in [0.15, 0.2) is 6.61 Å². The molecule has 1 heterocycles. The van der Waals surface area contributed by atoms with E-state index in [-0.39, 0.29) is 0 Å². The number of carbonyl (C=O) groups is 2. The Kier molecular flexibility index (Phi) is 5.82. The van der Waals surface area contributed by atoms with Crippen molar-refractivity contribution >= 4 is 35.2 Å². The predicted octanol–water partition coefficient (Wildman–Crippen LogP) is 4.05. The first-order valence-electron chi connectivity index (χ1n) is 7.33. The number of nitrogens with one attached hydrogen (secondary N) is 1. The Morgan fingerprint density at radius 1 is 1.25 bits per heavy atom. The molecule has 0 saturated heterocycles. The van der Waals surface area contributed by atoms with Crippen molar-refractivity contribution in [3.8, 4) is 0 Å². The molecule has 0 atom stereocenters. The van der Waals surface area contributed by atoms with Crippen LogP contribution >= 0.6 is 11.6 Å². The summed E-state index contributed by atoms with van der Waals surface area (Å²) < 4.78 is 10.2. The van der Waals surface area contributed by atoms with Crippen LogP contribution in [0.3, 0.4) is 0 Å². The second-order valence-corrected chi connectivity index (χ2v) is 5.78. The fraction of sp³-hybridized carbons (Fsp3) is 0.222. The van der Waals surface area contributed by atoms with Crippen LogP contribution in [0.4, 0.5) is 5.69 Å². The number of hydrogen-bond donors (Lipinski definition) is 1. The van der Waals surface area contributed by atoms with Crippen molar-refractivity contribution in [2.45, 2.75) is 20.8 Å². The van der Waals surface area contributed by atoms with Crippen molar-refractivity contribution in [3.05, 3.63) is 58.0 Å². The molecule has 5 nitrogen and oxygen atoms in total. The van der Waals surface area contributed by atoms with E-state index in [1.165, 1.54) is 12.2 Å². The minimum atomic E-state index is -0.633. The molecule has 2 rings (SSSR count). The zero-order chi connectivity index (χ0) is 17.7. The maximum atomic E-state index is 11.9. The number of aryl methyl sites for hydroxylation is 3. The molecule has 1 amide bonds. The van der Waals surface area contributed by atoms with Gasteiger partial charge in [-0.05, 0) is 56.2 Å². The highest BCUT2D eigenvalue weighted by Crippen LogP contribution is 2.27. The number of amides is 1. The van der Waals surface area contributed by atoms with Crippen LogP contribution in [0.5, 0.6) is 0 Å². The SMILES string of the molecule is Cc1cc(C)c(NC(=O)COC(=O)C=Cc2ccc(C)o2)c(Cl)c1. The number of anilines is 1. The Hall–Kier alpha value is -2.53. The van der Waals surface area contributed by atoms with Gasteiger partial charge in [-0.3, -0.25) is 4.79 Å². The van der Waals surface area contributed by atoms with Gasteiger partial charge in [-0.2, -0.15) is 0 Å². The van der Waals surface area contributed by atoms with E-state index in [9.17, 15) is 9.59 Å². The van der Waals surface area contributed by atoms with Gasteiger partial charge in [-0.25, -0.2) is 4.79 Å². The number of benzene rings is 1. The Balaban J connectivity index is 1.87. The zero-order valence-electron chi connectivity index (χ0n) is 13.7. The number of ether oxygens (including phenoxy) is 1. The third-order valence-electron chi connectivity index (χ3n) is 3.19. The first-order chi connectivity index (χ1) is 11.3. The lowest BCUT2D eigenvalue weighted by Crippen LogP contribution is -2.20. The number of hydrogen-bond acceptors (Lipinski definition) is 4. The second kappa shape index (κ2) is 7.84. The fourth-order valence-electron chi connectivity index (χ4n) is 2.13. The lowest BCUT2D eigenvalue weighted by molar-refractivity contribution is -0.142. The molecule has 0 fully saturated rings. The van der Waals surface area contributed by atoms with E-state index in [0.29, 0.717) is 16.5 Å². The number of rotatable bonds is 5. The molecule has 126 valence electrons. The number of furan rings is 1. The summed E-state index contributed by atoms with van der Waals surface area (Å²) in [6.45, 7) is 5.16. The Morgan fingerprint density at radius 3 is 2.62 bits per heavy atom. The minimum absolute atomic E-state index is 0.399. The van der Waals surface area contributed by atoms with Crippen molar-refractivity contribution < 1.29 is 18.7 Å². The highest BCUT2D eigenvalue weighted by molar-refractivity contribution is 6.34. The highest BCUT2D eigenvalue weighted by Gasteiger charge is 2.11. The van der Waals surface area contributed by atoms with Gasteiger partial charge >= 0.3 is 5.97 Å². The quantitative estimate of drug-likeness (QED) is 0.654. The van der Waals surface area contributed by atoms with Gasteiger partial charge in [-0.15, -0.1) is 0 Å². The summed E-state index contributed by atoms with van der Waals surface area (Å²) in [6, 6.07) is 7.17. The third-order valence-corrected chi connectivity index (χ3v) is 3.48. The average molecular weight is 348 g/mol. The Morgan fingerprint density at radius 2 is 2.00 bits per heavy atom. The molecule has 0 saturated carbocycles. The van der Waals surface area contributed by atoms with Crippen LogP contribution in [0.25, 0.3) is 6.08 Å². The van der Waals surface area contributed by atoms with Gasteiger partial charge in [0, 0.05) is 6.08 Å². The molecule has 0 bridgehead atoms. The summed E-state index contributed by atoms with van der Waals surface area (Å²) >= 11 is 6.12. The molecule has 1 N–H and O–H groups in total. The van der Waals surface area contributed by atoms with Gasteiger partial charge in [0.25, 0.3) is 5.91 Å². The number of carbonyl (C=O) groups excluding carboxylic acids is 2. The average Bonchev–Trinajstić information content (AvgIpc) is 2.92. The summed E-state index contributed by atoms with van der Waals surface area (Å²) in [6.07, 6.45) is 2.68. The summed E-state index contributed by atoms with van der Waals surface area (Å²) in [5.41, 5.74) is 2.36. The summed E-state index contributed by atoms with van der Waals surface area (Å²) in [7, 11) is 0. The van der Waals surface area contributed by atoms with E-state index in [4.69, 9.17) is 20.8 Å². The maximum Gasteiger partial charge on any atom is 0.331 e. The van der Waals surface area contributed by atoms with E-state index in [1.54, 1.807) is 25.1 Å². The van der Waals surface area contributed by atoms with Gasteiger partial charge in [0.2, 0.25) is 0 Å². The van der Waals surface area contributed by atoms with Crippen LogP contribution in [0.2, 0.25) is 5.02 Å². The van der Waals surface area contributed by atoms with Crippen molar-refractivity contribution in [2.75, 3.05) is 11.9 Å². The smallest absolute Gasteiger partial charge is 0.331 e. The Labute approximate surface area is 145 Å². The van der Waals surface area contributed by atoms with Gasteiger partial charge in [0.1, 0.15) is 11.5 Å². The van der Waals surface area contributed by atoms with E-state index in [1.807, 2.05) is 19.9 Å². The molecular formula is C18H18ClNO4. The molecule has 0 spiro atoms. The van der Waals surface area contributed by atoms with Gasteiger partial charge in [-0.1, -0.05) is 17.7 Å². The fourth-order valence-corrected chi connectivity index (χ4v) is 2.50. The van der Waals surface area contributed by atoms with Crippen molar-refractivity contribution in [1.82, 2.24) is 0 Å². The molecule has 0 unspecified atom stereocenters. The van der Waals surface area contributed by atoms with E-state index in [2.05, 4.69) is 5.32 Å². The van der Waals surface area contributed by atoms with E-state index in [0.717, 1.165) is 16.9 Å². The zero-order valence-corrected chi connectivity index (χ0v) is 14.4. The van der Waals surface area contributed by atoms with Crippen LogP contribution in [0.15, 0.2) is 34.8 Å². The third kappa shape index (κ3) is 4.99. The highest BCUT2D eigenvalue weighted by atomic mass is 35.5. The minimum Gasteiger partial charge on any atom is -0.462 e. The predicted molar refractivity (Wildman–Crippen MR) is 93.0 cm³/mol. The van der Waals surface area contributed by atoms with Gasteiger partial charge in [0.05, 0.1) is 10.7 Å². The summed E-state index contributed by atoms with van der Waals surface area (Å²) in [4.78, 5) is 23.5. The molecule has 6 heteroatoms. The lowest BCUT2D eigenvalue weighted by Gasteiger charge is -2.11. The lowest BCUT2D eigenvalue weighted by atomic mass is 10.1. The number of halogens is 1. The second-order valence-electron chi connectivity index (χ2n) is 5.38. The molecule has 2 aromatic rings. The molecule has 0 aliphatic rings. The van der Waals surface area contributed by atoms with Crippen molar-refractivity contribution in [2.24, 2.45) is 0 Å². The largest absolute Gasteiger partial charge is 0.462 e. The van der Waals surface area contributed by atoms with Crippen LogP contribution in [-0.2, 0) is 14.3 Å². The molecule has 1 aromatic heterocycles. The topological polar surface area (TPSA) is 68.5 Å². The van der Waals surface area contributed by atoms with E-state index < -0.39 is 18.5 Å². The molecular weight excluding hydrogens is 330 g/mol. The first kappa shape index (κ1) is 17.8. The van der Waals surface area contributed by atoms with Crippen molar-refractivity contribution in [1.29, 1.82) is 0 Å². The van der Waals surface area contributed by atoms with Crippen LogP contribution in [-0.4, -0.2) is 18.5 Å². The maximum absolute atomic E-state index is 11.9. The number of esters is 1. The summed E-state index contributed by atoms with van der Waals surface area (Å²) in [5, 5.41) is 3.09. The summed E-state index contributed by atoms with van der Waals surface area (Å²) in [5.74, 6) is 0.189. The first-order valence-corrected chi connectivity index (χ1v) is 7.71. The monoisotopic (exact) mass is 347 g/mol.